The number of alkyl halides is 3. The van der Waals surface area contributed by atoms with Crippen LogP contribution in [0.5, 0.6) is 0 Å². The summed E-state index contributed by atoms with van der Waals surface area (Å²) in [5.74, 6) is -1.56. The van der Waals surface area contributed by atoms with Crippen molar-refractivity contribution in [1.82, 2.24) is 5.32 Å². The highest BCUT2D eigenvalue weighted by atomic mass is 19.4. The molecule has 0 heterocycles. The number of carbonyl (C=O) groups excluding carboxylic acids is 1. The van der Waals surface area contributed by atoms with Gasteiger partial charge in [0.2, 0.25) is 0 Å². The minimum Gasteiger partial charge on any atom is -0.348 e. The van der Waals surface area contributed by atoms with Crippen LogP contribution >= 0.6 is 0 Å². The van der Waals surface area contributed by atoms with Crippen LogP contribution in [-0.4, -0.2) is 18.6 Å². The number of halogens is 3. The fourth-order valence-electron chi connectivity index (χ4n) is 1.03. The van der Waals surface area contributed by atoms with Crippen molar-refractivity contribution in [2.24, 2.45) is 5.92 Å². The summed E-state index contributed by atoms with van der Waals surface area (Å²) in [5, 5.41) is 1.86. The van der Waals surface area contributed by atoms with Crippen molar-refractivity contribution >= 4 is 5.91 Å². The van der Waals surface area contributed by atoms with E-state index in [4.69, 9.17) is 0 Å². The van der Waals surface area contributed by atoms with E-state index in [0.717, 1.165) is 19.3 Å². The molecule has 0 saturated heterocycles. The van der Waals surface area contributed by atoms with Gasteiger partial charge in [0, 0.05) is 6.54 Å². The highest BCUT2D eigenvalue weighted by Crippen LogP contribution is 2.25. The van der Waals surface area contributed by atoms with E-state index in [-0.39, 0.29) is 12.5 Å². The van der Waals surface area contributed by atoms with Gasteiger partial charge in [-0.2, -0.15) is 13.2 Å². The predicted molar refractivity (Wildman–Crippen MR) is 36.4 cm³/mol. The zero-order valence-corrected chi connectivity index (χ0v) is 6.45. The van der Waals surface area contributed by atoms with Crippen molar-refractivity contribution in [2.75, 3.05) is 6.54 Å². The Kier molecular flexibility index (Phi) is 2.59. The van der Waals surface area contributed by atoms with Crippen LogP contribution in [0.3, 0.4) is 0 Å². The number of carbonyl (C=O) groups is 1. The predicted octanol–water partition coefficient (Wildman–Crippen LogP) is 1.47. The molecule has 0 aromatic carbocycles. The third-order valence-electron chi connectivity index (χ3n) is 2.03. The molecule has 0 unspecified atom stereocenters. The summed E-state index contributed by atoms with van der Waals surface area (Å²) >= 11 is 0. The van der Waals surface area contributed by atoms with E-state index in [1.807, 2.05) is 5.32 Å². The quantitative estimate of drug-likeness (QED) is 0.686. The Labute approximate surface area is 68.1 Å². The van der Waals surface area contributed by atoms with Gasteiger partial charge in [-0.05, 0) is 18.8 Å². The molecular weight excluding hydrogens is 171 g/mol. The molecule has 70 valence electrons. The van der Waals surface area contributed by atoms with E-state index in [2.05, 4.69) is 0 Å². The molecule has 1 aliphatic rings. The molecule has 0 bridgehead atoms. The molecule has 1 N–H and O–H groups in total. The van der Waals surface area contributed by atoms with Gasteiger partial charge in [-0.15, -0.1) is 0 Å². The maximum Gasteiger partial charge on any atom is 0.471 e. The number of hydrogen-bond donors (Lipinski definition) is 1. The lowest BCUT2D eigenvalue weighted by Gasteiger charge is -2.25. The Morgan fingerprint density at radius 3 is 2.33 bits per heavy atom. The van der Waals surface area contributed by atoms with E-state index in [1.54, 1.807) is 0 Å². The second kappa shape index (κ2) is 3.33. The Morgan fingerprint density at radius 2 is 2.00 bits per heavy atom. The SMILES string of the molecule is O=C(NCC1CCC1)C(F)(F)F. The van der Waals surface area contributed by atoms with Crippen molar-refractivity contribution in [1.29, 1.82) is 0 Å². The highest BCUT2D eigenvalue weighted by molar-refractivity contribution is 5.81. The average molecular weight is 181 g/mol. The number of hydrogen-bond acceptors (Lipinski definition) is 1. The van der Waals surface area contributed by atoms with Crippen molar-refractivity contribution in [3.63, 3.8) is 0 Å². The van der Waals surface area contributed by atoms with Gasteiger partial charge >= 0.3 is 12.1 Å². The van der Waals surface area contributed by atoms with E-state index in [0.29, 0.717) is 0 Å². The van der Waals surface area contributed by atoms with Crippen molar-refractivity contribution in [3.8, 4) is 0 Å². The number of amides is 1. The maximum atomic E-state index is 11.6. The first-order valence-corrected chi connectivity index (χ1v) is 3.85. The summed E-state index contributed by atoms with van der Waals surface area (Å²) in [6, 6.07) is 0. The standard InChI is InChI=1S/C7H10F3NO/c8-7(9,10)6(12)11-4-5-2-1-3-5/h5H,1-4H2,(H,11,12). The van der Waals surface area contributed by atoms with Gasteiger partial charge in [-0.1, -0.05) is 6.42 Å². The van der Waals surface area contributed by atoms with Crippen LogP contribution in [0.2, 0.25) is 0 Å². The van der Waals surface area contributed by atoms with Gasteiger partial charge < -0.3 is 5.32 Å². The number of nitrogens with one attached hydrogen (secondary N) is 1. The molecule has 1 aliphatic carbocycles. The van der Waals surface area contributed by atoms with Crippen LogP contribution in [0.25, 0.3) is 0 Å². The number of rotatable bonds is 2. The molecule has 0 radical (unpaired) electrons. The molecule has 5 heteroatoms. The van der Waals surface area contributed by atoms with Gasteiger partial charge in [0.1, 0.15) is 0 Å². The molecule has 0 aromatic heterocycles. The fourth-order valence-corrected chi connectivity index (χ4v) is 1.03. The van der Waals surface area contributed by atoms with Gasteiger partial charge in [0.25, 0.3) is 0 Å². The molecule has 1 saturated carbocycles. The Morgan fingerprint density at radius 1 is 1.42 bits per heavy atom. The normalized spacial score (nSPS) is 18.6. The summed E-state index contributed by atoms with van der Waals surface area (Å²) in [4.78, 5) is 10.3. The third-order valence-corrected chi connectivity index (χ3v) is 2.03. The molecule has 0 aliphatic heterocycles. The Bertz CT molecular complexity index is 174. The average Bonchev–Trinajstić information content (AvgIpc) is 1.81. The minimum absolute atomic E-state index is 0.165. The third kappa shape index (κ3) is 2.39. The lowest BCUT2D eigenvalue weighted by Crippen LogP contribution is -2.40. The second-order valence-corrected chi connectivity index (χ2v) is 3.00. The minimum atomic E-state index is -4.73. The lowest BCUT2D eigenvalue weighted by atomic mass is 9.85. The summed E-state index contributed by atoms with van der Waals surface area (Å²) in [6.07, 6.45) is -1.81. The van der Waals surface area contributed by atoms with Crippen molar-refractivity contribution in [2.45, 2.75) is 25.4 Å². The zero-order valence-electron chi connectivity index (χ0n) is 6.45. The molecule has 2 nitrogen and oxygen atoms in total. The molecule has 12 heavy (non-hydrogen) atoms. The Hall–Kier alpha value is -0.740. The van der Waals surface area contributed by atoms with E-state index >= 15 is 0 Å². The van der Waals surface area contributed by atoms with Crippen molar-refractivity contribution in [3.05, 3.63) is 0 Å². The maximum absolute atomic E-state index is 11.6. The summed E-state index contributed by atoms with van der Waals surface area (Å²) in [7, 11) is 0. The van der Waals surface area contributed by atoms with E-state index in [1.165, 1.54) is 0 Å². The van der Waals surface area contributed by atoms with Crippen LogP contribution in [0.15, 0.2) is 0 Å². The van der Waals surface area contributed by atoms with Gasteiger partial charge in [0.05, 0.1) is 0 Å². The highest BCUT2D eigenvalue weighted by Gasteiger charge is 2.38. The first-order chi connectivity index (χ1) is 5.50. The van der Waals surface area contributed by atoms with Gasteiger partial charge in [-0.25, -0.2) is 0 Å². The molecule has 1 fully saturated rings. The van der Waals surface area contributed by atoms with Gasteiger partial charge in [-0.3, -0.25) is 4.79 Å². The van der Waals surface area contributed by atoms with Crippen LogP contribution < -0.4 is 5.32 Å². The molecule has 1 rings (SSSR count). The largest absolute Gasteiger partial charge is 0.471 e. The summed E-state index contributed by atoms with van der Waals surface area (Å²) in [6.45, 7) is 0.165. The first-order valence-electron chi connectivity index (χ1n) is 3.85. The molecule has 0 aromatic rings. The topological polar surface area (TPSA) is 29.1 Å². The molecule has 0 atom stereocenters. The molecular formula is C7H10F3NO. The first kappa shape index (κ1) is 9.35. The molecule has 0 spiro atoms. The van der Waals surface area contributed by atoms with E-state index < -0.39 is 12.1 Å². The lowest BCUT2D eigenvalue weighted by molar-refractivity contribution is -0.173. The van der Waals surface area contributed by atoms with Crippen LogP contribution in [0, 0.1) is 5.92 Å². The molecule has 1 amide bonds. The zero-order chi connectivity index (χ0) is 9.19. The van der Waals surface area contributed by atoms with Crippen LogP contribution in [0.4, 0.5) is 13.2 Å². The second-order valence-electron chi connectivity index (χ2n) is 3.00. The summed E-state index contributed by atoms with van der Waals surface area (Å²) in [5.41, 5.74) is 0. The van der Waals surface area contributed by atoms with Crippen LogP contribution in [-0.2, 0) is 4.79 Å². The van der Waals surface area contributed by atoms with E-state index in [9.17, 15) is 18.0 Å². The monoisotopic (exact) mass is 181 g/mol. The van der Waals surface area contributed by atoms with Crippen LogP contribution in [0.1, 0.15) is 19.3 Å². The smallest absolute Gasteiger partial charge is 0.348 e. The van der Waals surface area contributed by atoms with Gasteiger partial charge in [0.15, 0.2) is 0 Å². The Balaban J connectivity index is 2.17. The van der Waals surface area contributed by atoms with Crippen molar-refractivity contribution < 1.29 is 18.0 Å². The summed E-state index contributed by atoms with van der Waals surface area (Å²) < 4.78 is 34.8. The fraction of sp³-hybridized carbons (Fsp3) is 0.857.